The normalized spacial score (nSPS) is 18.4. The van der Waals surface area contributed by atoms with E-state index < -0.39 is 23.4 Å². The van der Waals surface area contributed by atoms with Crippen molar-refractivity contribution < 1.29 is 24.5 Å². The fourth-order valence-corrected chi connectivity index (χ4v) is 2.52. The first-order valence-electron chi connectivity index (χ1n) is 6.72. The predicted molar refractivity (Wildman–Crippen MR) is 73.3 cm³/mol. The van der Waals surface area contributed by atoms with Crippen molar-refractivity contribution in [1.82, 2.24) is 0 Å². The van der Waals surface area contributed by atoms with E-state index in [1.54, 1.807) is 39.0 Å². The van der Waals surface area contributed by atoms with Gasteiger partial charge in [-0.15, -0.1) is 0 Å². The summed E-state index contributed by atoms with van der Waals surface area (Å²) < 4.78 is 10.9. The average Bonchev–Trinajstić information content (AvgIpc) is 2.44. The lowest BCUT2D eigenvalue weighted by atomic mass is 9.76. The lowest BCUT2D eigenvalue weighted by molar-refractivity contribution is -0.166. The number of aliphatic carboxylic acids is 1. The molecule has 0 aromatic heterocycles. The van der Waals surface area contributed by atoms with E-state index in [1.165, 1.54) is 0 Å². The van der Waals surface area contributed by atoms with Gasteiger partial charge in [0.15, 0.2) is 17.1 Å². The second-order valence-corrected chi connectivity index (χ2v) is 5.41. The molecule has 0 radical (unpaired) electrons. The average molecular weight is 280 g/mol. The van der Waals surface area contributed by atoms with Crippen molar-refractivity contribution in [3.63, 3.8) is 0 Å². The van der Waals surface area contributed by atoms with Crippen molar-refractivity contribution in [2.24, 2.45) is 5.92 Å². The molecule has 2 rings (SSSR count). The van der Waals surface area contributed by atoms with Gasteiger partial charge in [-0.1, -0.05) is 26.8 Å². The zero-order valence-corrected chi connectivity index (χ0v) is 11.9. The highest BCUT2D eigenvalue weighted by Crippen LogP contribution is 2.39. The zero-order valence-electron chi connectivity index (χ0n) is 11.9. The number of fused-ring (bicyclic) bond motifs is 1. The number of carboxylic acid groups (broad SMARTS) is 1. The van der Waals surface area contributed by atoms with E-state index in [4.69, 9.17) is 9.47 Å². The number of hydrogen-bond acceptors (Lipinski definition) is 4. The minimum atomic E-state index is -1.82. The molecule has 0 bridgehead atoms. The summed E-state index contributed by atoms with van der Waals surface area (Å²) in [5, 5.41) is 19.9. The summed E-state index contributed by atoms with van der Waals surface area (Å²) in [6.07, 6.45) is 0. The number of aliphatic hydroxyl groups is 1. The molecule has 110 valence electrons. The van der Waals surface area contributed by atoms with Gasteiger partial charge in [-0.05, 0) is 23.6 Å². The van der Waals surface area contributed by atoms with Crippen LogP contribution in [-0.4, -0.2) is 35.0 Å². The molecular formula is C15H20O5. The third-order valence-corrected chi connectivity index (χ3v) is 3.95. The molecule has 0 amide bonds. The van der Waals surface area contributed by atoms with Gasteiger partial charge in [-0.25, -0.2) is 4.79 Å². The van der Waals surface area contributed by atoms with Crippen LogP contribution in [0.25, 0.3) is 0 Å². The van der Waals surface area contributed by atoms with Gasteiger partial charge in [0.05, 0.1) is 0 Å². The minimum Gasteiger partial charge on any atom is -0.486 e. The van der Waals surface area contributed by atoms with Gasteiger partial charge < -0.3 is 19.7 Å². The maximum Gasteiger partial charge on any atom is 0.336 e. The molecule has 5 heteroatoms. The summed E-state index contributed by atoms with van der Waals surface area (Å²) in [7, 11) is 0. The molecule has 0 saturated heterocycles. The highest BCUT2D eigenvalue weighted by Gasteiger charge is 2.45. The van der Waals surface area contributed by atoms with Gasteiger partial charge in [-0.3, -0.25) is 0 Å². The van der Waals surface area contributed by atoms with Gasteiger partial charge >= 0.3 is 5.97 Å². The van der Waals surface area contributed by atoms with Crippen LogP contribution in [0.4, 0.5) is 0 Å². The number of ether oxygens (including phenoxy) is 2. The number of rotatable bonds is 4. The van der Waals surface area contributed by atoms with Crippen LogP contribution in [0.3, 0.4) is 0 Å². The SMILES string of the molecule is CC(C)C(O)(C(=O)O)C(C)c1ccc2c(c1)OCCO2. The molecule has 2 unspecified atom stereocenters. The van der Waals surface area contributed by atoms with E-state index in [2.05, 4.69) is 0 Å². The molecule has 0 saturated carbocycles. The number of carbonyl (C=O) groups is 1. The molecule has 20 heavy (non-hydrogen) atoms. The van der Waals surface area contributed by atoms with Crippen molar-refractivity contribution >= 4 is 5.97 Å². The zero-order chi connectivity index (χ0) is 14.9. The van der Waals surface area contributed by atoms with E-state index in [-0.39, 0.29) is 0 Å². The van der Waals surface area contributed by atoms with Crippen molar-refractivity contribution in [3.8, 4) is 11.5 Å². The van der Waals surface area contributed by atoms with Crippen LogP contribution in [0.5, 0.6) is 11.5 Å². The summed E-state index contributed by atoms with van der Waals surface area (Å²) in [4.78, 5) is 11.5. The first-order chi connectivity index (χ1) is 9.37. The fourth-order valence-electron chi connectivity index (χ4n) is 2.52. The number of benzene rings is 1. The summed E-state index contributed by atoms with van der Waals surface area (Å²) in [6.45, 7) is 6.08. The van der Waals surface area contributed by atoms with Crippen LogP contribution in [-0.2, 0) is 4.79 Å². The molecule has 1 aliphatic heterocycles. The molecule has 0 spiro atoms. The second kappa shape index (κ2) is 5.32. The van der Waals surface area contributed by atoms with Crippen molar-refractivity contribution in [2.75, 3.05) is 13.2 Å². The van der Waals surface area contributed by atoms with Gasteiger partial charge in [0.2, 0.25) is 0 Å². The van der Waals surface area contributed by atoms with E-state index in [0.717, 1.165) is 0 Å². The Morgan fingerprint density at radius 3 is 2.35 bits per heavy atom. The molecule has 1 aliphatic rings. The van der Waals surface area contributed by atoms with Gasteiger partial charge in [0, 0.05) is 5.92 Å². The van der Waals surface area contributed by atoms with E-state index in [9.17, 15) is 15.0 Å². The van der Waals surface area contributed by atoms with Crippen LogP contribution in [0.15, 0.2) is 18.2 Å². The maximum absolute atomic E-state index is 11.5. The molecule has 1 aromatic rings. The van der Waals surface area contributed by atoms with Crippen LogP contribution in [0.1, 0.15) is 32.3 Å². The van der Waals surface area contributed by atoms with Crippen molar-refractivity contribution in [2.45, 2.75) is 32.3 Å². The molecule has 2 N–H and O–H groups in total. The molecule has 5 nitrogen and oxygen atoms in total. The smallest absolute Gasteiger partial charge is 0.336 e. The Morgan fingerprint density at radius 2 is 1.80 bits per heavy atom. The van der Waals surface area contributed by atoms with E-state index in [1.807, 2.05) is 0 Å². The molecule has 2 atom stereocenters. The minimum absolute atomic E-state index is 0.414. The van der Waals surface area contributed by atoms with Gasteiger partial charge in [-0.2, -0.15) is 0 Å². The largest absolute Gasteiger partial charge is 0.486 e. The summed E-state index contributed by atoms with van der Waals surface area (Å²) in [5.74, 6) is -0.943. The van der Waals surface area contributed by atoms with Crippen LogP contribution >= 0.6 is 0 Å². The molecular weight excluding hydrogens is 260 g/mol. The lowest BCUT2D eigenvalue weighted by Gasteiger charge is -2.34. The Bertz CT molecular complexity index is 511. The van der Waals surface area contributed by atoms with E-state index in [0.29, 0.717) is 30.3 Å². The molecule has 1 aromatic carbocycles. The summed E-state index contributed by atoms with van der Waals surface area (Å²) in [6, 6.07) is 5.27. The molecule has 0 fully saturated rings. The lowest BCUT2D eigenvalue weighted by Crippen LogP contribution is -2.48. The Balaban J connectivity index is 2.37. The van der Waals surface area contributed by atoms with Gasteiger partial charge in [0.25, 0.3) is 0 Å². The Labute approximate surface area is 118 Å². The quantitative estimate of drug-likeness (QED) is 0.882. The number of hydrogen-bond donors (Lipinski definition) is 2. The third kappa shape index (κ3) is 2.33. The van der Waals surface area contributed by atoms with Crippen molar-refractivity contribution in [3.05, 3.63) is 23.8 Å². The van der Waals surface area contributed by atoms with E-state index >= 15 is 0 Å². The third-order valence-electron chi connectivity index (χ3n) is 3.95. The molecule has 1 heterocycles. The van der Waals surface area contributed by atoms with Crippen LogP contribution in [0.2, 0.25) is 0 Å². The maximum atomic E-state index is 11.5. The van der Waals surface area contributed by atoms with Crippen LogP contribution in [0, 0.1) is 5.92 Å². The second-order valence-electron chi connectivity index (χ2n) is 5.41. The topological polar surface area (TPSA) is 76.0 Å². The number of carboxylic acids is 1. The summed E-state index contributed by atoms with van der Waals surface area (Å²) >= 11 is 0. The molecule has 0 aliphatic carbocycles. The first-order valence-corrected chi connectivity index (χ1v) is 6.72. The highest BCUT2D eigenvalue weighted by atomic mass is 16.6. The fraction of sp³-hybridized carbons (Fsp3) is 0.533. The van der Waals surface area contributed by atoms with Crippen molar-refractivity contribution in [1.29, 1.82) is 0 Å². The van der Waals surface area contributed by atoms with Gasteiger partial charge in [0.1, 0.15) is 13.2 Å². The Morgan fingerprint density at radius 1 is 1.20 bits per heavy atom. The highest BCUT2D eigenvalue weighted by molar-refractivity contribution is 5.79. The van der Waals surface area contributed by atoms with Crippen LogP contribution < -0.4 is 9.47 Å². The summed E-state index contributed by atoms with van der Waals surface area (Å²) in [5.41, 5.74) is -1.10. The Hall–Kier alpha value is -1.75. The standard InChI is InChI=1S/C15H20O5/c1-9(2)15(18,14(16)17)10(3)11-4-5-12-13(8-11)20-7-6-19-12/h4-5,8-10,18H,6-7H2,1-3H3,(H,16,17). The Kier molecular flexibility index (Phi) is 3.90. The predicted octanol–water partition coefficient (Wildman–Crippen LogP) is 2.03. The first kappa shape index (κ1) is 14.7. The monoisotopic (exact) mass is 280 g/mol.